The van der Waals surface area contributed by atoms with Crippen LogP contribution >= 0.6 is 11.6 Å². The molecule has 2 rings (SSSR count). The number of carbonyl (C=O) groups excluding carboxylic acids is 1. The zero-order valence-corrected chi connectivity index (χ0v) is 9.53. The van der Waals surface area contributed by atoms with Gasteiger partial charge in [-0.25, -0.2) is 9.97 Å². The molecule has 0 spiro atoms. The zero-order chi connectivity index (χ0) is 12.3. The van der Waals surface area contributed by atoms with Crippen LogP contribution in [0.25, 0.3) is 0 Å². The lowest BCUT2D eigenvalue weighted by molar-refractivity contribution is 0.0950. The largest absolute Gasteiger partial charge is 0.397 e. The lowest BCUT2D eigenvalue weighted by atomic mass is 10.2. The van der Waals surface area contributed by atoms with Gasteiger partial charge in [0.25, 0.3) is 5.91 Å². The van der Waals surface area contributed by atoms with E-state index in [1.807, 2.05) is 0 Å². The van der Waals surface area contributed by atoms with Crippen molar-refractivity contribution >= 4 is 23.2 Å². The standard InChI is InChI=1S/C10H10ClN5O/c11-9-7(3-6(12)4-15-9)10(17)16-5-8-13-1-2-14-8/h1-4H,5,12H2,(H,13,14)(H,16,17). The Labute approximate surface area is 102 Å². The number of nitrogens with one attached hydrogen (secondary N) is 2. The number of nitrogen functional groups attached to an aromatic ring is 1. The van der Waals surface area contributed by atoms with Gasteiger partial charge in [-0.2, -0.15) is 0 Å². The number of nitrogens with zero attached hydrogens (tertiary/aromatic N) is 2. The molecule has 2 heterocycles. The number of aromatic amines is 1. The highest BCUT2D eigenvalue weighted by molar-refractivity contribution is 6.32. The minimum atomic E-state index is -0.341. The van der Waals surface area contributed by atoms with Crippen molar-refractivity contribution < 1.29 is 4.79 Å². The Balaban J connectivity index is 2.07. The molecule has 2 aromatic rings. The van der Waals surface area contributed by atoms with Crippen molar-refractivity contribution in [3.8, 4) is 0 Å². The molecule has 0 fully saturated rings. The smallest absolute Gasteiger partial charge is 0.254 e. The topological polar surface area (TPSA) is 96.7 Å². The van der Waals surface area contributed by atoms with E-state index >= 15 is 0 Å². The van der Waals surface area contributed by atoms with Crippen molar-refractivity contribution in [3.63, 3.8) is 0 Å². The predicted molar refractivity (Wildman–Crippen MR) is 63.4 cm³/mol. The molecule has 1 amide bonds. The first-order valence-electron chi connectivity index (χ1n) is 4.84. The third kappa shape index (κ3) is 2.73. The fourth-order valence-corrected chi connectivity index (χ4v) is 1.47. The van der Waals surface area contributed by atoms with Crippen LogP contribution in [0, 0.1) is 0 Å². The maximum absolute atomic E-state index is 11.8. The number of carbonyl (C=O) groups is 1. The number of H-pyrrole nitrogens is 1. The second-order valence-electron chi connectivity index (χ2n) is 3.33. The van der Waals surface area contributed by atoms with Crippen LogP contribution < -0.4 is 11.1 Å². The van der Waals surface area contributed by atoms with E-state index in [0.717, 1.165) is 0 Å². The number of pyridine rings is 1. The summed E-state index contributed by atoms with van der Waals surface area (Å²) in [5, 5.41) is 2.78. The summed E-state index contributed by atoms with van der Waals surface area (Å²) in [6.45, 7) is 0.289. The fourth-order valence-electron chi connectivity index (χ4n) is 1.28. The second kappa shape index (κ2) is 4.84. The number of halogens is 1. The van der Waals surface area contributed by atoms with Gasteiger partial charge in [-0.15, -0.1) is 0 Å². The summed E-state index contributed by atoms with van der Waals surface area (Å²) in [7, 11) is 0. The Bertz CT molecular complexity index is 525. The molecule has 2 aromatic heterocycles. The first-order valence-corrected chi connectivity index (χ1v) is 5.22. The Morgan fingerprint density at radius 2 is 2.35 bits per heavy atom. The van der Waals surface area contributed by atoms with Gasteiger partial charge >= 0.3 is 0 Å². The number of hydrogen-bond acceptors (Lipinski definition) is 4. The van der Waals surface area contributed by atoms with Gasteiger partial charge < -0.3 is 16.0 Å². The molecule has 7 heteroatoms. The van der Waals surface area contributed by atoms with Gasteiger partial charge in [0, 0.05) is 12.4 Å². The van der Waals surface area contributed by atoms with E-state index in [4.69, 9.17) is 17.3 Å². The molecule has 88 valence electrons. The van der Waals surface area contributed by atoms with E-state index in [2.05, 4.69) is 20.3 Å². The molecule has 4 N–H and O–H groups in total. The van der Waals surface area contributed by atoms with Crippen molar-refractivity contribution in [2.45, 2.75) is 6.54 Å². The fraction of sp³-hybridized carbons (Fsp3) is 0.100. The first-order chi connectivity index (χ1) is 8.16. The third-order valence-corrected chi connectivity index (χ3v) is 2.38. The lowest BCUT2D eigenvalue weighted by Gasteiger charge is -2.05. The van der Waals surface area contributed by atoms with E-state index in [0.29, 0.717) is 11.5 Å². The number of rotatable bonds is 3. The first kappa shape index (κ1) is 11.4. The Morgan fingerprint density at radius 3 is 3.06 bits per heavy atom. The van der Waals surface area contributed by atoms with Crippen LogP contribution in [0.1, 0.15) is 16.2 Å². The number of amides is 1. The van der Waals surface area contributed by atoms with E-state index < -0.39 is 0 Å². The molecule has 0 atom stereocenters. The molecule has 0 bridgehead atoms. The molecule has 0 unspecified atom stereocenters. The molecule has 0 radical (unpaired) electrons. The molecule has 0 saturated heterocycles. The quantitative estimate of drug-likeness (QED) is 0.708. The summed E-state index contributed by atoms with van der Waals surface area (Å²) in [5.74, 6) is 0.317. The minimum Gasteiger partial charge on any atom is -0.397 e. The van der Waals surface area contributed by atoms with Crippen LogP contribution in [0.2, 0.25) is 5.15 Å². The van der Waals surface area contributed by atoms with Gasteiger partial charge in [0.15, 0.2) is 0 Å². The van der Waals surface area contributed by atoms with Crippen LogP contribution in [0.4, 0.5) is 5.69 Å². The van der Waals surface area contributed by atoms with Gasteiger partial charge in [-0.05, 0) is 6.07 Å². The van der Waals surface area contributed by atoms with E-state index in [9.17, 15) is 4.79 Å². The van der Waals surface area contributed by atoms with Gasteiger partial charge in [0.1, 0.15) is 11.0 Å². The van der Waals surface area contributed by atoms with Crippen molar-refractivity contribution in [1.82, 2.24) is 20.3 Å². The van der Waals surface area contributed by atoms with E-state index in [-0.39, 0.29) is 23.2 Å². The molecule has 0 aliphatic carbocycles. The Hall–Kier alpha value is -2.08. The van der Waals surface area contributed by atoms with Crippen LogP contribution in [0.3, 0.4) is 0 Å². The SMILES string of the molecule is Nc1cnc(Cl)c(C(=O)NCc2ncc[nH]2)c1. The van der Waals surface area contributed by atoms with E-state index in [1.165, 1.54) is 12.3 Å². The van der Waals surface area contributed by atoms with Crippen LogP contribution in [-0.2, 0) is 6.54 Å². The second-order valence-corrected chi connectivity index (χ2v) is 3.68. The van der Waals surface area contributed by atoms with Crippen LogP contribution in [0.5, 0.6) is 0 Å². The van der Waals surface area contributed by atoms with Gasteiger partial charge in [-0.1, -0.05) is 11.6 Å². The molecule has 0 aliphatic heterocycles. The summed E-state index contributed by atoms with van der Waals surface area (Å²) in [6, 6.07) is 1.48. The summed E-state index contributed by atoms with van der Waals surface area (Å²) in [4.78, 5) is 22.4. The molecule has 0 aromatic carbocycles. The number of nitrogens with two attached hydrogens (primary N) is 1. The monoisotopic (exact) mass is 251 g/mol. The van der Waals surface area contributed by atoms with Gasteiger partial charge in [-0.3, -0.25) is 4.79 Å². The average Bonchev–Trinajstić information content (AvgIpc) is 2.82. The van der Waals surface area contributed by atoms with E-state index in [1.54, 1.807) is 12.4 Å². The predicted octanol–water partition coefficient (Wildman–Crippen LogP) is 0.970. The molecular formula is C10H10ClN5O. The molecule has 6 nitrogen and oxygen atoms in total. The summed E-state index contributed by atoms with van der Waals surface area (Å²) >= 11 is 5.80. The Kier molecular flexibility index (Phi) is 3.24. The van der Waals surface area contributed by atoms with Crippen molar-refractivity contribution in [2.75, 3.05) is 5.73 Å². The van der Waals surface area contributed by atoms with Gasteiger partial charge in [0.05, 0.1) is 24.0 Å². The highest BCUT2D eigenvalue weighted by Gasteiger charge is 2.11. The average molecular weight is 252 g/mol. The highest BCUT2D eigenvalue weighted by atomic mass is 35.5. The van der Waals surface area contributed by atoms with Crippen molar-refractivity contribution in [1.29, 1.82) is 0 Å². The third-order valence-electron chi connectivity index (χ3n) is 2.08. The minimum absolute atomic E-state index is 0.121. The highest BCUT2D eigenvalue weighted by Crippen LogP contribution is 2.15. The number of anilines is 1. The van der Waals surface area contributed by atoms with Crippen LogP contribution in [-0.4, -0.2) is 20.9 Å². The summed E-state index contributed by atoms with van der Waals surface area (Å²) < 4.78 is 0. The molecule has 0 aliphatic rings. The molecule has 0 saturated carbocycles. The normalized spacial score (nSPS) is 10.2. The molecule has 17 heavy (non-hydrogen) atoms. The lowest BCUT2D eigenvalue weighted by Crippen LogP contribution is -2.24. The number of aromatic nitrogens is 3. The Morgan fingerprint density at radius 1 is 1.53 bits per heavy atom. The maximum Gasteiger partial charge on any atom is 0.254 e. The summed E-state index contributed by atoms with van der Waals surface area (Å²) in [6.07, 6.45) is 4.68. The van der Waals surface area contributed by atoms with Crippen molar-refractivity contribution in [3.05, 3.63) is 41.2 Å². The zero-order valence-electron chi connectivity index (χ0n) is 8.77. The van der Waals surface area contributed by atoms with Crippen molar-refractivity contribution in [2.24, 2.45) is 0 Å². The maximum atomic E-state index is 11.8. The number of hydrogen-bond donors (Lipinski definition) is 3. The van der Waals surface area contributed by atoms with Crippen LogP contribution in [0.15, 0.2) is 24.7 Å². The van der Waals surface area contributed by atoms with Gasteiger partial charge in [0.2, 0.25) is 0 Å². The summed E-state index contributed by atoms with van der Waals surface area (Å²) in [5.41, 5.74) is 6.17. The molecular weight excluding hydrogens is 242 g/mol. The number of imidazole rings is 1.